The van der Waals surface area contributed by atoms with Crippen molar-refractivity contribution in [3.63, 3.8) is 0 Å². The van der Waals surface area contributed by atoms with Gasteiger partial charge >= 0.3 is 0 Å². The number of carbonyl (C=O) groups is 1. The Morgan fingerprint density at radius 1 is 1.40 bits per heavy atom. The molecule has 10 heavy (non-hydrogen) atoms. The standard InChI is InChI=1S/C8H15ClO/c1-2-3-4-5-6-8(9)7-10/h7-8H,2-6H2,1H3/t8-/m0/s1. The molecule has 0 aromatic heterocycles. The molecule has 1 atom stereocenters. The van der Waals surface area contributed by atoms with E-state index in [2.05, 4.69) is 6.92 Å². The van der Waals surface area contributed by atoms with Gasteiger partial charge in [0.05, 0.1) is 5.38 Å². The summed E-state index contributed by atoms with van der Waals surface area (Å²) in [5.74, 6) is 0. The predicted molar refractivity (Wildman–Crippen MR) is 44.5 cm³/mol. The number of unbranched alkanes of at least 4 members (excludes halogenated alkanes) is 3. The van der Waals surface area contributed by atoms with E-state index >= 15 is 0 Å². The summed E-state index contributed by atoms with van der Waals surface area (Å²) < 4.78 is 0. The van der Waals surface area contributed by atoms with Crippen molar-refractivity contribution >= 4 is 17.9 Å². The number of hydrogen-bond donors (Lipinski definition) is 0. The highest BCUT2D eigenvalue weighted by atomic mass is 35.5. The van der Waals surface area contributed by atoms with E-state index in [0.717, 1.165) is 19.1 Å². The Morgan fingerprint density at radius 2 is 2.10 bits per heavy atom. The molecule has 0 aromatic carbocycles. The first-order valence-corrected chi connectivity index (χ1v) is 4.34. The highest BCUT2D eigenvalue weighted by molar-refractivity contribution is 6.27. The molecule has 0 aliphatic rings. The summed E-state index contributed by atoms with van der Waals surface area (Å²) in [6.07, 6.45) is 6.42. The lowest BCUT2D eigenvalue weighted by Crippen LogP contribution is -1.98. The maximum absolute atomic E-state index is 10.0. The molecule has 0 rings (SSSR count). The number of halogens is 1. The van der Waals surface area contributed by atoms with E-state index < -0.39 is 0 Å². The Balaban J connectivity index is 2.95. The first-order valence-electron chi connectivity index (χ1n) is 3.90. The molecule has 0 bridgehead atoms. The Labute approximate surface area is 67.8 Å². The van der Waals surface area contributed by atoms with Crippen molar-refractivity contribution in [2.75, 3.05) is 0 Å². The van der Waals surface area contributed by atoms with Gasteiger partial charge in [-0.15, -0.1) is 11.6 Å². The van der Waals surface area contributed by atoms with Crippen LogP contribution in [0.15, 0.2) is 0 Å². The summed E-state index contributed by atoms with van der Waals surface area (Å²) >= 11 is 5.58. The van der Waals surface area contributed by atoms with Gasteiger partial charge in [-0.1, -0.05) is 32.6 Å². The summed E-state index contributed by atoms with van der Waals surface area (Å²) in [6, 6.07) is 0. The second kappa shape index (κ2) is 7.07. The van der Waals surface area contributed by atoms with Gasteiger partial charge in [-0.05, 0) is 6.42 Å². The van der Waals surface area contributed by atoms with E-state index in [1.807, 2.05) is 0 Å². The zero-order valence-electron chi connectivity index (χ0n) is 6.48. The van der Waals surface area contributed by atoms with Gasteiger partial charge in [-0.2, -0.15) is 0 Å². The summed E-state index contributed by atoms with van der Waals surface area (Å²) in [5.41, 5.74) is 0. The van der Waals surface area contributed by atoms with Crippen molar-refractivity contribution in [3.05, 3.63) is 0 Å². The molecule has 1 nitrogen and oxygen atoms in total. The number of aldehydes is 1. The van der Waals surface area contributed by atoms with Crippen LogP contribution in [0.4, 0.5) is 0 Å². The molecule has 60 valence electrons. The van der Waals surface area contributed by atoms with Gasteiger partial charge in [0.25, 0.3) is 0 Å². The molecular weight excluding hydrogens is 148 g/mol. The topological polar surface area (TPSA) is 17.1 Å². The summed E-state index contributed by atoms with van der Waals surface area (Å²) in [4.78, 5) is 10.0. The summed E-state index contributed by atoms with van der Waals surface area (Å²) in [5, 5.41) is -0.253. The third-order valence-electron chi connectivity index (χ3n) is 1.48. The molecule has 0 aliphatic carbocycles. The van der Waals surface area contributed by atoms with E-state index in [1.54, 1.807) is 0 Å². The van der Waals surface area contributed by atoms with Crippen LogP contribution in [0.5, 0.6) is 0 Å². The van der Waals surface area contributed by atoms with Crippen LogP contribution < -0.4 is 0 Å². The van der Waals surface area contributed by atoms with Crippen molar-refractivity contribution < 1.29 is 4.79 Å². The Kier molecular flexibility index (Phi) is 7.04. The Hall–Kier alpha value is -0.0400. The molecular formula is C8H15ClO. The van der Waals surface area contributed by atoms with Crippen LogP contribution >= 0.6 is 11.6 Å². The molecule has 0 fully saturated rings. The van der Waals surface area contributed by atoms with Crippen LogP contribution in [0, 0.1) is 0 Å². The maximum Gasteiger partial charge on any atom is 0.137 e. The van der Waals surface area contributed by atoms with Crippen LogP contribution in [0.1, 0.15) is 39.0 Å². The Bertz CT molecular complexity index is 83.3. The predicted octanol–water partition coefficient (Wildman–Crippen LogP) is 2.76. The second-order valence-electron chi connectivity index (χ2n) is 2.50. The molecule has 0 saturated heterocycles. The Morgan fingerprint density at radius 3 is 2.60 bits per heavy atom. The highest BCUT2D eigenvalue weighted by Gasteiger charge is 1.99. The van der Waals surface area contributed by atoms with E-state index in [4.69, 9.17) is 11.6 Å². The van der Waals surface area contributed by atoms with Gasteiger partial charge in [-0.3, -0.25) is 0 Å². The zero-order valence-corrected chi connectivity index (χ0v) is 7.23. The number of hydrogen-bond acceptors (Lipinski definition) is 1. The number of rotatable bonds is 6. The minimum Gasteiger partial charge on any atom is -0.302 e. The molecule has 0 aromatic rings. The van der Waals surface area contributed by atoms with E-state index in [1.165, 1.54) is 19.3 Å². The summed E-state index contributed by atoms with van der Waals surface area (Å²) in [6.45, 7) is 2.16. The highest BCUT2D eigenvalue weighted by Crippen LogP contribution is 2.07. The summed E-state index contributed by atoms with van der Waals surface area (Å²) in [7, 11) is 0. The molecule has 0 heterocycles. The third-order valence-corrected chi connectivity index (χ3v) is 1.80. The van der Waals surface area contributed by atoms with Crippen molar-refractivity contribution in [2.24, 2.45) is 0 Å². The fraction of sp³-hybridized carbons (Fsp3) is 0.875. The maximum atomic E-state index is 10.0. The second-order valence-corrected chi connectivity index (χ2v) is 3.06. The van der Waals surface area contributed by atoms with Gasteiger partial charge in [0.2, 0.25) is 0 Å². The average molecular weight is 163 g/mol. The van der Waals surface area contributed by atoms with E-state index in [9.17, 15) is 4.79 Å². The smallest absolute Gasteiger partial charge is 0.137 e. The zero-order chi connectivity index (χ0) is 7.82. The molecule has 0 saturated carbocycles. The van der Waals surface area contributed by atoms with Crippen molar-refractivity contribution in [3.8, 4) is 0 Å². The molecule has 0 aliphatic heterocycles. The van der Waals surface area contributed by atoms with Crippen LogP contribution in [0.25, 0.3) is 0 Å². The molecule has 0 spiro atoms. The normalized spacial score (nSPS) is 13.0. The largest absolute Gasteiger partial charge is 0.302 e. The van der Waals surface area contributed by atoms with Gasteiger partial charge in [0.15, 0.2) is 0 Å². The van der Waals surface area contributed by atoms with Crippen LogP contribution in [0.3, 0.4) is 0 Å². The SMILES string of the molecule is CCCCCC[C@H](Cl)C=O. The molecule has 2 heteroatoms. The van der Waals surface area contributed by atoms with Gasteiger partial charge < -0.3 is 4.79 Å². The number of carbonyl (C=O) groups excluding carboxylic acids is 1. The first-order chi connectivity index (χ1) is 4.81. The van der Waals surface area contributed by atoms with Crippen LogP contribution in [-0.4, -0.2) is 11.7 Å². The van der Waals surface area contributed by atoms with Crippen molar-refractivity contribution in [2.45, 2.75) is 44.4 Å². The average Bonchev–Trinajstić information content (AvgIpc) is 1.98. The monoisotopic (exact) mass is 162 g/mol. The molecule has 0 unspecified atom stereocenters. The number of alkyl halides is 1. The quantitative estimate of drug-likeness (QED) is 0.334. The molecule has 0 amide bonds. The van der Waals surface area contributed by atoms with Gasteiger partial charge in [0, 0.05) is 0 Å². The van der Waals surface area contributed by atoms with Gasteiger partial charge in [0.1, 0.15) is 6.29 Å². The lowest BCUT2D eigenvalue weighted by molar-refractivity contribution is -0.107. The van der Waals surface area contributed by atoms with E-state index in [-0.39, 0.29) is 5.38 Å². The van der Waals surface area contributed by atoms with Crippen molar-refractivity contribution in [1.29, 1.82) is 0 Å². The van der Waals surface area contributed by atoms with Gasteiger partial charge in [-0.25, -0.2) is 0 Å². The minimum atomic E-state index is -0.253. The van der Waals surface area contributed by atoms with E-state index in [0.29, 0.717) is 0 Å². The molecule has 0 N–H and O–H groups in total. The lowest BCUT2D eigenvalue weighted by Gasteiger charge is -1.99. The first kappa shape index (κ1) is 9.96. The van der Waals surface area contributed by atoms with Crippen molar-refractivity contribution in [1.82, 2.24) is 0 Å². The third kappa shape index (κ3) is 6.09. The molecule has 0 radical (unpaired) electrons. The minimum absolute atomic E-state index is 0.253. The lowest BCUT2D eigenvalue weighted by atomic mass is 10.1. The fourth-order valence-electron chi connectivity index (χ4n) is 0.834. The van der Waals surface area contributed by atoms with Crippen LogP contribution in [-0.2, 0) is 4.79 Å². The fourth-order valence-corrected chi connectivity index (χ4v) is 0.988. The van der Waals surface area contributed by atoms with Crippen LogP contribution in [0.2, 0.25) is 0 Å².